The molecule has 2 aromatic heterocycles. The maximum absolute atomic E-state index is 6.44. The molecule has 4 aliphatic heterocycles. The normalized spacial score (nSPS) is 16.1. The van der Waals surface area contributed by atoms with Crippen LogP contribution in [0.5, 0.6) is 0 Å². The third-order valence-corrected chi connectivity index (χ3v) is 14.5. The van der Waals surface area contributed by atoms with Crippen molar-refractivity contribution in [3.8, 4) is 22.5 Å². The average Bonchev–Trinajstić information content (AvgIpc) is 3.46. The molecule has 0 unspecified atom stereocenters. The minimum atomic E-state index is 0.750. The first-order valence-electron chi connectivity index (χ1n) is 25.6. The van der Waals surface area contributed by atoms with Crippen LogP contribution < -0.4 is 30.7 Å². The molecule has 73 heavy (non-hydrogen) atoms. The van der Waals surface area contributed by atoms with Gasteiger partial charge in [0.1, 0.15) is 0 Å². The van der Waals surface area contributed by atoms with Crippen molar-refractivity contribution in [2.24, 2.45) is 0 Å². The maximum Gasteiger partial charge on any atom is 0.0759 e. The second-order valence-electron chi connectivity index (χ2n) is 18.6. The summed E-state index contributed by atoms with van der Waals surface area (Å²) < 4.78 is 22.0. The number of nitrogens with zero attached hydrogens (tertiary/aromatic N) is 6. The molecule has 3 N–H and O–H groups in total. The minimum Gasteiger partial charge on any atom is -0.397 e. The maximum atomic E-state index is 6.44. The Hall–Kier alpha value is -6.93. The highest BCUT2D eigenvalue weighted by Crippen LogP contribution is 2.40. The Morgan fingerprint density at radius 3 is 1.38 bits per heavy atom. The third-order valence-electron chi connectivity index (χ3n) is 14.0. The van der Waals surface area contributed by atoms with E-state index in [4.69, 9.17) is 46.3 Å². The Kier molecular flexibility index (Phi) is 16.1. The van der Waals surface area contributed by atoms with Gasteiger partial charge in [-0.15, -0.1) is 0 Å². The van der Waals surface area contributed by atoms with Gasteiger partial charge in [0.25, 0.3) is 0 Å². The fourth-order valence-corrected chi connectivity index (χ4v) is 10.2. The Morgan fingerprint density at radius 2 is 0.863 bits per heavy atom. The predicted molar refractivity (Wildman–Crippen MR) is 302 cm³/mol. The lowest BCUT2D eigenvalue weighted by atomic mass is 10.0. The first kappa shape index (κ1) is 49.6. The van der Waals surface area contributed by atoms with E-state index in [-0.39, 0.29) is 0 Å². The number of nitrogens with two attached hydrogens (primary N) is 1. The standard InChI is InChI=1S/C30H32N4O2.C16H12ClN.C14H21N3O2/c1-22-29(23-7-3-2-4-8-23)31-26-10-6-5-9-25(26)30(22)32-27-21-24(33-13-17-35-18-14-33)11-12-28(27)34-15-19-36-20-16-34;1-11-15(17)13-9-5-6-10-14(13)18-16(11)12-7-3-2-4-8-12;15-13-11-12(16-3-7-18-8-4-16)1-2-14(13)17-5-9-19-10-6-17/h2-12,21H,13-20H2,1H3,(H,31,32);2-10H,1H3;1-2,11H,3-10,15H2. The molecule has 0 atom stereocenters. The van der Waals surface area contributed by atoms with E-state index in [0.717, 1.165) is 188 Å². The van der Waals surface area contributed by atoms with E-state index in [2.05, 4.69) is 129 Å². The second kappa shape index (κ2) is 23.7. The van der Waals surface area contributed by atoms with Crippen LogP contribution in [0.3, 0.4) is 0 Å². The summed E-state index contributed by atoms with van der Waals surface area (Å²) in [5.41, 5.74) is 22.3. The smallest absolute Gasteiger partial charge is 0.0759 e. The van der Waals surface area contributed by atoms with Crippen molar-refractivity contribution in [1.82, 2.24) is 9.97 Å². The Morgan fingerprint density at radius 1 is 0.452 bits per heavy atom. The van der Waals surface area contributed by atoms with Gasteiger partial charge in [-0.3, -0.25) is 0 Å². The molecule has 6 heterocycles. The number of hydrogen-bond donors (Lipinski definition) is 2. The van der Waals surface area contributed by atoms with Gasteiger partial charge < -0.3 is 49.6 Å². The van der Waals surface area contributed by atoms with Gasteiger partial charge in [-0.05, 0) is 73.5 Å². The summed E-state index contributed by atoms with van der Waals surface area (Å²) in [5, 5.41) is 6.82. The first-order chi connectivity index (χ1) is 35.9. The number of anilines is 7. The van der Waals surface area contributed by atoms with Gasteiger partial charge in [-0.2, -0.15) is 0 Å². The van der Waals surface area contributed by atoms with E-state index >= 15 is 0 Å². The second-order valence-corrected chi connectivity index (χ2v) is 19.0. The molecule has 0 aliphatic carbocycles. The first-order valence-corrected chi connectivity index (χ1v) is 25.9. The molecule has 12 nitrogen and oxygen atoms in total. The van der Waals surface area contributed by atoms with Gasteiger partial charge in [-0.1, -0.05) is 109 Å². The molecule has 4 saturated heterocycles. The monoisotopic (exact) mass is 996 g/mol. The number of aromatic nitrogens is 2. The van der Waals surface area contributed by atoms with Crippen LogP contribution in [0, 0.1) is 13.8 Å². The molecule has 0 bridgehead atoms. The van der Waals surface area contributed by atoms with Gasteiger partial charge in [0, 0.05) is 85.6 Å². The number of fused-ring (bicyclic) bond motifs is 2. The fraction of sp³-hybridized carbons (Fsp3) is 0.300. The van der Waals surface area contributed by atoms with Crippen molar-refractivity contribution >= 4 is 73.2 Å². The van der Waals surface area contributed by atoms with Gasteiger partial charge in [0.05, 0.1) is 109 Å². The van der Waals surface area contributed by atoms with Gasteiger partial charge in [-0.25, -0.2) is 9.97 Å². The molecule has 0 spiro atoms. The summed E-state index contributed by atoms with van der Waals surface area (Å²) in [6.07, 6.45) is 0. The lowest BCUT2D eigenvalue weighted by Crippen LogP contribution is -2.37. The number of halogens is 1. The number of para-hydroxylation sites is 2. The molecular weight excluding hydrogens is 932 g/mol. The van der Waals surface area contributed by atoms with Crippen LogP contribution in [0.15, 0.2) is 146 Å². The highest BCUT2D eigenvalue weighted by molar-refractivity contribution is 6.36. The molecule has 0 amide bonds. The molecule has 0 radical (unpaired) electrons. The number of morpholine rings is 4. The Balaban J connectivity index is 0.000000139. The number of rotatable bonds is 8. The highest BCUT2D eigenvalue weighted by atomic mass is 35.5. The summed E-state index contributed by atoms with van der Waals surface area (Å²) in [6, 6.07) is 50.1. The van der Waals surface area contributed by atoms with E-state index in [9.17, 15) is 0 Å². The van der Waals surface area contributed by atoms with Crippen molar-refractivity contribution < 1.29 is 18.9 Å². The predicted octanol–water partition coefficient (Wildman–Crippen LogP) is 11.4. The van der Waals surface area contributed by atoms with E-state index in [1.54, 1.807) is 0 Å². The summed E-state index contributed by atoms with van der Waals surface area (Å²) in [6.45, 7) is 17.7. The molecule has 0 saturated carbocycles. The lowest BCUT2D eigenvalue weighted by molar-refractivity contribution is 0.122. The van der Waals surface area contributed by atoms with Crippen LogP contribution in [0.1, 0.15) is 11.1 Å². The van der Waals surface area contributed by atoms with Crippen LogP contribution in [-0.4, -0.2) is 115 Å². The van der Waals surface area contributed by atoms with Gasteiger partial charge in [0.2, 0.25) is 0 Å². The molecule has 12 rings (SSSR count). The summed E-state index contributed by atoms with van der Waals surface area (Å²) in [5.74, 6) is 0. The lowest BCUT2D eigenvalue weighted by Gasteiger charge is -2.33. The zero-order chi connectivity index (χ0) is 49.9. The molecular formula is C60H65ClN8O4. The van der Waals surface area contributed by atoms with E-state index in [0.29, 0.717) is 0 Å². The van der Waals surface area contributed by atoms with Crippen LogP contribution >= 0.6 is 11.6 Å². The molecule has 376 valence electrons. The van der Waals surface area contributed by atoms with E-state index in [1.807, 2.05) is 55.5 Å². The zero-order valence-corrected chi connectivity index (χ0v) is 42.7. The average molecular weight is 998 g/mol. The summed E-state index contributed by atoms with van der Waals surface area (Å²) >= 11 is 6.44. The van der Waals surface area contributed by atoms with Crippen LogP contribution in [0.2, 0.25) is 5.02 Å². The van der Waals surface area contributed by atoms with Crippen molar-refractivity contribution in [3.05, 3.63) is 162 Å². The van der Waals surface area contributed by atoms with Crippen LogP contribution in [0.25, 0.3) is 44.3 Å². The number of nitrogen functional groups attached to an aromatic ring is 1. The number of pyridine rings is 2. The molecule has 13 heteroatoms. The molecule has 4 aliphatic rings. The SMILES string of the molecule is Cc1c(-c2ccccc2)nc2ccccc2c1Cl.Cc1c(-c2ccccc2)nc2ccccc2c1Nc1cc(N2CCOCC2)ccc1N1CCOCC1.Nc1cc(N2CCOCC2)ccc1N1CCOCC1. The number of hydrogen-bond acceptors (Lipinski definition) is 12. The minimum absolute atomic E-state index is 0.750. The summed E-state index contributed by atoms with van der Waals surface area (Å²) in [7, 11) is 0. The van der Waals surface area contributed by atoms with Crippen molar-refractivity contribution in [2.45, 2.75) is 13.8 Å². The highest BCUT2D eigenvalue weighted by Gasteiger charge is 2.22. The number of benzene rings is 6. The number of ether oxygens (including phenoxy) is 4. The molecule has 8 aromatic rings. The van der Waals surface area contributed by atoms with Crippen LogP contribution in [-0.2, 0) is 18.9 Å². The van der Waals surface area contributed by atoms with E-state index < -0.39 is 0 Å². The van der Waals surface area contributed by atoms with Crippen molar-refractivity contribution in [3.63, 3.8) is 0 Å². The quantitative estimate of drug-likeness (QED) is 0.141. The molecule has 6 aromatic carbocycles. The summed E-state index contributed by atoms with van der Waals surface area (Å²) in [4.78, 5) is 19.2. The van der Waals surface area contributed by atoms with Crippen molar-refractivity contribution in [1.29, 1.82) is 0 Å². The molecule has 4 fully saturated rings. The number of nitrogens with one attached hydrogen (secondary N) is 1. The Bertz CT molecular complexity index is 3100. The zero-order valence-electron chi connectivity index (χ0n) is 41.9. The van der Waals surface area contributed by atoms with Gasteiger partial charge >= 0.3 is 0 Å². The van der Waals surface area contributed by atoms with Gasteiger partial charge in [0.15, 0.2) is 0 Å². The van der Waals surface area contributed by atoms with Crippen LogP contribution in [0.4, 0.5) is 39.8 Å². The Labute approximate surface area is 434 Å². The fourth-order valence-electron chi connectivity index (χ4n) is 10.00. The third kappa shape index (κ3) is 11.6. The van der Waals surface area contributed by atoms with E-state index in [1.165, 1.54) is 17.1 Å². The largest absolute Gasteiger partial charge is 0.397 e. The topological polar surface area (TPSA) is 114 Å². The van der Waals surface area contributed by atoms with Crippen molar-refractivity contribution in [2.75, 3.05) is 136 Å².